The molecule has 0 radical (unpaired) electrons. The summed E-state index contributed by atoms with van der Waals surface area (Å²) in [6.07, 6.45) is 1.76. The molecule has 3 rings (SSSR count). The molecule has 0 unspecified atom stereocenters. The Morgan fingerprint density at radius 1 is 1.07 bits per heavy atom. The number of nitrogens with one attached hydrogen (secondary N) is 2. The number of carbonyl (C=O) groups excluding carboxylic acids is 2. The lowest BCUT2D eigenvalue weighted by Gasteiger charge is -2.08. The molecule has 2 aromatic heterocycles. The van der Waals surface area contributed by atoms with Crippen LogP contribution in [0.25, 0.3) is 5.65 Å². The van der Waals surface area contributed by atoms with Crippen LogP contribution in [0.1, 0.15) is 28.7 Å². The molecular formula is C18H18N4O4S. The van der Waals surface area contributed by atoms with E-state index in [2.05, 4.69) is 10.3 Å². The number of aromatic nitrogens is 2. The van der Waals surface area contributed by atoms with Crippen LogP contribution in [0.15, 0.2) is 47.5 Å². The van der Waals surface area contributed by atoms with Crippen LogP contribution in [0, 0.1) is 13.8 Å². The van der Waals surface area contributed by atoms with E-state index >= 15 is 0 Å². The minimum atomic E-state index is -3.91. The van der Waals surface area contributed by atoms with Crippen LogP contribution in [-0.4, -0.2) is 29.6 Å². The number of amides is 2. The van der Waals surface area contributed by atoms with E-state index in [4.69, 9.17) is 0 Å². The van der Waals surface area contributed by atoms with Crippen molar-refractivity contribution in [1.82, 2.24) is 14.1 Å². The van der Waals surface area contributed by atoms with Crippen molar-refractivity contribution in [3.8, 4) is 0 Å². The van der Waals surface area contributed by atoms with E-state index < -0.39 is 15.9 Å². The van der Waals surface area contributed by atoms with Gasteiger partial charge in [-0.1, -0.05) is 6.07 Å². The van der Waals surface area contributed by atoms with E-state index in [0.29, 0.717) is 22.7 Å². The maximum atomic E-state index is 12.7. The van der Waals surface area contributed by atoms with Gasteiger partial charge in [-0.05, 0) is 49.7 Å². The summed E-state index contributed by atoms with van der Waals surface area (Å²) in [6.45, 7) is 4.79. The van der Waals surface area contributed by atoms with Gasteiger partial charge in [0, 0.05) is 18.8 Å². The number of pyridine rings is 1. The van der Waals surface area contributed by atoms with Crippen molar-refractivity contribution >= 4 is 33.2 Å². The maximum absolute atomic E-state index is 12.7. The molecule has 0 aliphatic carbocycles. The lowest BCUT2D eigenvalue weighted by atomic mass is 10.2. The van der Waals surface area contributed by atoms with Crippen molar-refractivity contribution in [3.05, 3.63) is 59.5 Å². The van der Waals surface area contributed by atoms with Crippen LogP contribution >= 0.6 is 0 Å². The second-order valence-electron chi connectivity index (χ2n) is 6.07. The summed E-state index contributed by atoms with van der Waals surface area (Å²) in [5.41, 5.74) is 3.07. The predicted octanol–water partition coefficient (Wildman–Crippen LogP) is 2.03. The summed E-state index contributed by atoms with van der Waals surface area (Å²) in [6, 6.07) is 9.28. The first kappa shape index (κ1) is 18.6. The first-order valence-corrected chi connectivity index (χ1v) is 9.56. The highest BCUT2D eigenvalue weighted by atomic mass is 32.2. The van der Waals surface area contributed by atoms with Crippen molar-refractivity contribution in [3.63, 3.8) is 0 Å². The minimum Gasteiger partial charge on any atom is -0.321 e. The first-order valence-electron chi connectivity index (χ1n) is 8.08. The van der Waals surface area contributed by atoms with Gasteiger partial charge in [0.15, 0.2) is 0 Å². The van der Waals surface area contributed by atoms with Gasteiger partial charge in [-0.15, -0.1) is 0 Å². The Morgan fingerprint density at radius 3 is 2.37 bits per heavy atom. The second kappa shape index (κ2) is 6.84. The smallest absolute Gasteiger partial charge is 0.274 e. The van der Waals surface area contributed by atoms with E-state index in [1.54, 1.807) is 17.5 Å². The van der Waals surface area contributed by atoms with Crippen LogP contribution in [0.3, 0.4) is 0 Å². The monoisotopic (exact) mass is 386 g/mol. The van der Waals surface area contributed by atoms with Crippen molar-refractivity contribution in [1.29, 1.82) is 0 Å². The quantitative estimate of drug-likeness (QED) is 0.713. The van der Waals surface area contributed by atoms with Gasteiger partial charge in [-0.3, -0.25) is 14.0 Å². The van der Waals surface area contributed by atoms with Crippen LogP contribution in [-0.2, 0) is 14.8 Å². The highest BCUT2D eigenvalue weighted by Gasteiger charge is 2.19. The lowest BCUT2D eigenvalue weighted by molar-refractivity contribution is -0.117. The molecule has 2 N–H and O–H groups in total. The number of aryl methyl sites for hydroxylation is 2. The summed E-state index contributed by atoms with van der Waals surface area (Å²) in [4.78, 5) is 28.0. The summed E-state index contributed by atoms with van der Waals surface area (Å²) in [7, 11) is -3.91. The Kier molecular flexibility index (Phi) is 4.71. The molecule has 2 heterocycles. The van der Waals surface area contributed by atoms with Gasteiger partial charge in [0.25, 0.3) is 15.9 Å². The van der Waals surface area contributed by atoms with E-state index in [-0.39, 0.29) is 10.8 Å². The SMILES string of the molecule is CC(=O)NS(=O)(=O)c1ccc(NC(=O)c2c(C)nc3c(C)cccn23)cc1. The first-order chi connectivity index (χ1) is 12.7. The number of imidazole rings is 1. The van der Waals surface area contributed by atoms with Crippen molar-refractivity contribution in [2.75, 3.05) is 5.32 Å². The molecular weight excluding hydrogens is 368 g/mol. The minimum absolute atomic E-state index is 0.0719. The number of nitrogens with zero attached hydrogens (tertiary/aromatic N) is 2. The number of carbonyl (C=O) groups is 2. The molecule has 3 aromatic rings. The number of hydrogen-bond acceptors (Lipinski definition) is 5. The van der Waals surface area contributed by atoms with E-state index in [1.165, 1.54) is 24.3 Å². The van der Waals surface area contributed by atoms with Gasteiger partial charge in [0.2, 0.25) is 5.91 Å². The Hall–Kier alpha value is -3.20. The molecule has 0 saturated heterocycles. The van der Waals surface area contributed by atoms with Crippen LogP contribution in [0.4, 0.5) is 5.69 Å². The Balaban J connectivity index is 1.86. The fourth-order valence-electron chi connectivity index (χ4n) is 2.75. The molecule has 27 heavy (non-hydrogen) atoms. The molecule has 8 nitrogen and oxygen atoms in total. The molecule has 140 valence electrons. The number of hydrogen-bond donors (Lipinski definition) is 2. The standard InChI is InChI=1S/C18H18N4O4S/c1-11-5-4-10-22-16(12(2)19-17(11)22)18(24)20-14-6-8-15(9-7-14)27(25,26)21-13(3)23/h4-10H,1-3H3,(H,20,24)(H,21,23). The van der Waals surface area contributed by atoms with Gasteiger partial charge >= 0.3 is 0 Å². The zero-order valence-electron chi connectivity index (χ0n) is 15.0. The summed E-state index contributed by atoms with van der Waals surface area (Å²) in [5, 5.41) is 2.73. The second-order valence-corrected chi connectivity index (χ2v) is 7.75. The summed E-state index contributed by atoms with van der Waals surface area (Å²) >= 11 is 0. The lowest BCUT2D eigenvalue weighted by Crippen LogP contribution is -2.28. The van der Waals surface area contributed by atoms with Gasteiger partial charge < -0.3 is 5.32 Å². The third kappa shape index (κ3) is 3.68. The van der Waals surface area contributed by atoms with Gasteiger partial charge in [0.1, 0.15) is 11.3 Å². The topological polar surface area (TPSA) is 110 Å². The molecule has 0 aliphatic heterocycles. The fourth-order valence-corrected chi connectivity index (χ4v) is 3.74. The number of anilines is 1. The molecule has 0 aliphatic rings. The van der Waals surface area contributed by atoms with E-state index in [1.807, 2.05) is 23.8 Å². The van der Waals surface area contributed by atoms with Gasteiger partial charge in [0.05, 0.1) is 10.6 Å². The van der Waals surface area contributed by atoms with Crippen molar-refractivity contribution in [2.24, 2.45) is 0 Å². The van der Waals surface area contributed by atoms with Crippen LogP contribution in [0.5, 0.6) is 0 Å². The highest BCUT2D eigenvalue weighted by Crippen LogP contribution is 2.18. The predicted molar refractivity (Wildman–Crippen MR) is 100 cm³/mol. The number of fused-ring (bicyclic) bond motifs is 1. The van der Waals surface area contributed by atoms with E-state index in [0.717, 1.165) is 12.5 Å². The zero-order chi connectivity index (χ0) is 19.8. The molecule has 1 aromatic carbocycles. The third-order valence-corrected chi connectivity index (χ3v) is 5.38. The molecule has 0 fully saturated rings. The fraction of sp³-hybridized carbons (Fsp3) is 0.167. The molecule has 0 spiro atoms. The normalized spacial score (nSPS) is 11.4. The zero-order valence-corrected chi connectivity index (χ0v) is 15.8. The van der Waals surface area contributed by atoms with Gasteiger partial charge in [-0.25, -0.2) is 18.1 Å². The number of benzene rings is 1. The molecule has 0 atom stereocenters. The molecule has 0 saturated carbocycles. The number of rotatable bonds is 4. The molecule has 0 bridgehead atoms. The third-order valence-electron chi connectivity index (χ3n) is 3.94. The van der Waals surface area contributed by atoms with E-state index in [9.17, 15) is 18.0 Å². The maximum Gasteiger partial charge on any atom is 0.274 e. The summed E-state index contributed by atoms with van der Waals surface area (Å²) < 4.78 is 27.5. The average molecular weight is 386 g/mol. The Morgan fingerprint density at radius 2 is 1.74 bits per heavy atom. The van der Waals surface area contributed by atoms with Crippen LogP contribution < -0.4 is 10.0 Å². The number of sulfonamides is 1. The van der Waals surface area contributed by atoms with Gasteiger partial charge in [-0.2, -0.15) is 0 Å². The van der Waals surface area contributed by atoms with Crippen LogP contribution in [0.2, 0.25) is 0 Å². The Bertz CT molecular complexity index is 1150. The van der Waals surface area contributed by atoms with Crippen molar-refractivity contribution in [2.45, 2.75) is 25.7 Å². The van der Waals surface area contributed by atoms with Crippen molar-refractivity contribution < 1.29 is 18.0 Å². The average Bonchev–Trinajstić information content (AvgIpc) is 2.92. The largest absolute Gasteiger partial charge is 0.321 e. The molecule has 2 amide bonds. The molecule has 9 heteroatoms. The highest BCUT2D eigenvalue weighted by molar-refractivity contribution is 7.90. The Labute approximate surface area is 156 Å². The summed E-state index contributed by atoms with van der Waals surface area (Å²) in [5.74, 6) is -1.03.